The Morgan fingerprint density at radius 2 is 2.04 bits per heavy atom. The van der Waals surface area contributed by atoms with Crippen LogP contribution in [0.2, 0.25) is 0 Å². The van der Waals surface area contributed by atoms with E-state index in [9.17, 15) is 10.1 Å². The van der Waals surface area contributed by atoms with Gasteiger partial charge in [0.05, 0.1) is 4.92 Å². The van der Waals surface area contributed by atoms with Gasteiger partial charge in [-0.15, -0.1) is 0 Å². The van der Waals surface area contributed by atoms with Crippen LogP contribution in [0.15, 0.2) is 35.0 Å². The standard InChI is InChI=1S/C20H23N3O3/c1-3-4-5-8-13-22-14-16(17-9-6-7-10-18(17)22)11-12-19-20(23(24)25)15(2)21-26-19/h6-7,9-12,14H,3-5,8,13H2,1-2H3/b12-11+. The monoisotopic (exact) mass is 353 g/mol. The van der Waals surface area contributed by atoms with E-state index in [2.05, 4.69) is 35.0 Å². The van der Waals surface area contributed by atoms with Gasteiger partial charge in [0.15, 0.2) is 5.69 Å². The Hall–Kier alpha value is -2.89. The highest BCUT2D eigenvalue weighted by Crippen LogP contribution is 2.27. The van der Waals surface area contributed by atoms with Gasteiger partial charge in [-0.1, -0.05) is 49.5 Å². The number of nitro groups is 1. The van der Waals surface area contributed by atoms with Gasteiger partial charge in [-0.25, -0.2) is 0 Å². The van der Waals surface area contributed by atoms with Crippen LogP contribution >= 0.6 is 0 Å². The summed E-state index contributed by atoms with van der Waals surface area (Å²) in [7, 11) is 0. The average Bonchev–Trinajstić information content (AvgIpc) is 3.18. The van der Waals surface area contributed by atoms with E-state index in [0.29, 0.717) is 0 Å². The molecule has 0 amide bonds. The molecule has 0 unspecified atom stereocenters. The van der Waals surface area contributed by atoms with Crippen LogP contribution in [-0.4, -0.2) is 14.6 Å². The molecule has 0 aliphatic rings. The van der Waals surface area contributed by atoms with Crippen LogP contribution in [0.4, 0.5) is 5.69 Å². The van der Waals surface area contributed by atoms with Crippen LogP contribution in [0.5, 0.6) is 0 Å². The molecule has 6 heteroatoms. The summed E-state index contributed by atoms with van der Waals surface area (Å²) in [6, 6.07) is 8.20. The lowest BCUT2D eigenvalue weighted by atomic mass is 10.1. The molecule has 6 nitrogen and oxygen atoms in total. The lowest BCUT2D eigenvalue weighted by molar-refractivity contribution is -0.386. The fourth-order valence-corrected chi connectivity index (χ4v) is 3.18. The first kappa shape index (κ1) is 17.9. The average molecular weight is 353 g/mol. The first-order chi connectivity index (χ1) is 12.6. The lowest BCUT2D eigenvalue weighted by Gasteiger charge is -2.04. The summed E-state index contributed by atoms with van der Waals surface area (Å²) in [6.07, 6.45) is 10.4. The minimum absolute atomic E-state index is 0.0791. The summed E-state index contributed by atoms with van der Waals surface area (Å²) in [6.45, 7) is 4.75. The Morgan fingerprint density at radius 1 is 1.23 bits per heavy atom. The van der Waals surface area contributed by atoms with Crippen molar-refractivity contribution in [3.63, 3.8) is 0 Å². The highest BCUT2D eigenvalue weighted by Gasteiger charge is 2.22. The minimum Gasteiger partial charge on any atom is -0.349 e. The molecule has 0 N–H and O–H groups in total. The highest BCUT2D eigenvalue weighted by atomic mass is 16.6. The van der Waals surface area contributed by atoms with Crippen LogP contribution < -0.4 is 0 Å². The third kappa shape index (κ3) is 3.69. The van der Waals surface area contributed by atoms with Crippen molar-refractivity contribution < 1.29 is 9.45 Å². The van der Waals surface area contributed by atoms with Crippen LogP contribution in [0.3, 0.4) is 0 Å². The molecule has 3 rings (SSSR count). The van der Waals surface area contributed by atoms with Gasteiger partial charge in [-0.2, -0.15) is 0 Å². The first-order valence-electron chi connectivity index (χ1n) is 8.98. The maximum Gasteiger partial charge on any atom is 0.338 e. The van der Waals surface area contributed by atoms with Gasteiger partial charge in [0.1, 0.15) is 0 Å². The predicted octanol–water partition coefficient (Wildman–Crippen LogP) is 5.60. The summed E-state index contributed by atoms with van der Waals surface area (Å²) in [5, 5.41) is 16.0. The van der Waals surface area contributed by atoms with Crippen LogP contribution in [-0.2, 0) is 6.54 Å². The van der Waals surface area contributed by atoms with Gasteiger partial charge in [-0.3, -0.25) is 10.1 Å². The number of fused-ring (bicyclic) bond motifs is 1. The molecule has 26 heavy (non-hydrogen) atoms. The molecule has 0 fully saturated rings. The van der Waals surface area contributed by atoms with E-state index in [1.54, 1.807) is 13.0 Å². The second-order valence-electron chi connectivity index (χ2n) is 6.43. The van der Waals surface area contributed by atoms with Gasteiger partial charge in [0.25, 0.3) is 0 Å². The predicted molar refractivity (Wildman–Crippen MR) is 103 cm³/mol. The van der Waals surface area contributed by atoms with E-state index in [4.69, 9.17) is 4.52 Å². The first-order valence-corrected chi connectivity index (χ1v) is 8.98. The third-order valence-corrected chi connectivity index (χ3v) is 4.53. The van der Waals surface area contributed by atoms with Crippen LogP contribution in [0.1, 0.15) is 49.6 Å². The van der Waals surface area contributed by atoms with Gasteiger partial charge >= 0.3 is 5.69 Å². The Bertz CT molecular complexity index is 937. The number of hydrogen-bond acceptors (Lipinski definition) is 4. The topological polar surface area (TPSA) is 74.1 Å². The fraction of sp³-hybridized carbons (Fsp3) is 0.350. The number of rotatable bonds is 8. The number of benzene rings is 1. The molecule has 1 aromatic carbocycles. The van der Waals surface area contributed by atoms with Gasteiger partial charge in [-0.05, 0) is 31.6 Å². The molecule has 0 saturated heterocycles. The molecule has 2 aromatic heterocycles. The summed E-state index contributed by atoms with van der Waals surface area (Å²) >= 11 is 0. The SMILES string of the molecule is CCCCCCn1cc(/C=C/c2onc(C)c2[N+](=O)[O-])c2ccccc21. The van der Waals surface area contributed by atoms with Crippen molar-refractivity contribution in [2.45, 2.75) is 46.1 Å². The molecular formula is C20H23N3O3. The zero-order valence-corrected chi connectivity index (χ0v) is 15.1. The number of aromatic nitrogens is 2. The lowest BCUT2D eigenvalue weighted by Crippen LogP contribution is -1.95. The quantitative estimate of drug-likeness (QED) is 0.300. The third-order valence-electron chi connectivity index (χ3n) is 4.53. The van der Waals surface area contributed by atoms with Crippen LogP contribution in [0, 0.1) is 17.0 Å². The molecule has 0 bridgehead atoms. The maximum atomic E-state index is 11.2. The van der Waals surface area contributed by atoms with E-state index >= 15 is 0 Å². The number of aryl methyl sites for hydroxylation is 2. The molecule has 3 aromatic rings. The molecule has 0 aliphatic heterocycles. The minimum atomic E-state index is -0.456. The van der Waals surface area contributed by atoms with Crippen LogP contribution in [0.25, 0.3) is 23.1 Å². The van der Waals surface area contributed by atoms with Crippen molar-refractivity contribution in [3.8, 4) is 0 Å². The molecular weight excluding hydrogens is 330 g/mol. The Balaban J connectivity index is 1.89. The summed E-state index contributed by atoms with van der Waals surface area (Å²) in [5.41, 5.74) is 2.39. The summed E-state index contributed by atoms with van der Waals surface area (Å²) < 4.78 is 7.36. The number of nitrogens with zero attached hydrogens (tertiary/aromatic N) is 3. The zero-order chi connectivity index (χ0) is 18.5. The van der Waals surface area contributed by atoms with Crippen molar-refractivity contribution in [1.82, 2.24) is 9.72 Å². The molecule has 0 saturated carbocycles. The zero-order valence-electron chi connectivity index (χ0n) is 15.1. The normalized spacial score (nSPS) is 11.6. The molecule has 2 heterocycles. The molecule has 136 valence electrons. The smallest absolute Gasteiger partial charge is 0.338 e. The largest absolute Gasteiger partial charge is 0.349 e. The van der Waals surface area contributed by atoms with Crippen molar-refractivity contribution in [1.29, 1.82) is 0 Å². The van der Waals surface area contributed by atoms with Gasteiger partial charge in [0, 0.05) is 29.2 Å². The van der Waals surface area contributed by atoms with E-state index in [0.717, 1.165) is 23.9 Å². The fourth-order valence-electron chi connectivity index (χ4n) is 3.18. The maximum absolute atomic E-state index is 11.2. The van der Waals surface area contributed by atoms with E-state index in [-0.39, 0.29) is 17.1 Å². The van der Waals surface area contributed by atoms with Crippen molar-refractivity contribution >= 4 is 28.7 Å². The summed E-state index contributed by atoms with van der Waals surface area (Å²) in [5.74, 6) is 0.173. The molecule has 0 spiro atoms. The van der Waals surface area contributed by atoms with Crippen molar-refractivity contribution in [2.24, 2.45) is 0 Å². The second-order valence-corrected chi connectivity index (χ2v) is 6.43. The Morgan fingerprint density at radius 3 is 2.81 bits per heavy atom. The highest BCUT2D eigenvalue weighted by molar-refractivity contribution is 5.92. The number of para-hydroxylation sites is 1. The van der Waals surface area contributed by atoms with E-state index < -0.39 is 4.92 Å². The Labute approximate surface area is 152 Å². The number of unbranched alkanes of at least 4 members (excludes halogenated alkanes) is 3. The molecule has 0 radical (unpaired) electrons. The van der Waals surface area contributed by atoms with Crippen molar-refractivity contribution in [2.75, 3.05) is 0 Å². The molecule has 0 atom stereocenters. The van der Waals surface area contributed by atoms with Crippen molar-refractivity contribution in [3.05, 3.63) is 57.6 Å². The Kier molecular flexibility index (Phi) is 5.51. The van der Waals surface area contributed by atoms with E-state index in [1.807, 2.05) is 18.2 Å². The second kappa shape index (κ2) is 7.99. The summed E-state index contributed by atoms with van der Waals surface area (Å²) in [4.78, 5) is 10.7. The molecule has 0 aliphatic carbocycles. The van der Waals surface area contributed by atoms with Gasteiger partial charge in [0.2, 0.25) is 5.76 Å². The van der Waals surface area contributed by atoms with E-state index in [1.165, 1.54) is 24.8 Å². The number of hydrogen-bond donors (Lipinski definition) is 0. The van der Waals surface area contributed by atoms with Gasteiger partial charge < -0.3 is 9.09 Å².